The number of benzene rings is 3. The molecule has 3 aromatic rings. The van der Waals surface area contributed by atoms with Crippen molar-refractivity contribution in [1.82, 2.24) is 0 Å². The largest absolute Gasteiger partial charge is 0.506 e. The molecule has 0 spiro atoms. The number of phenols is 1. The second-order valence-corrected chi connectivity index (χ2v) is 7.24. The molecule has 142 valence electrons. The first-order valence-corrected chi connectivity index (χ1v) is 9.83. The van der Waals surface area contributed by atoms with E-state index in [9.17, 15) is 9.90 Å². The van der Waals surface area contributed by atoms with Crippen LogP contribution < -0.4 is 5.32 Å². The Labute approximate surface area is 173 Å². The highest BCUT2D eigenvalue weighted by molar-refractivity contribution is 9.10. The van der Waals surface area contributed by atoms with Gasteiger partial charge in [0.1, 0.15) is 5.75 Å². The Morgan fingerprint density at radius 2 is 1.79 bits per heavy atom. The topological polar surface area (TPSA) is 61.7 Å². The minimum absolute atomic E-state index is 0.0266. The van der Waals surface area contributed by atoms with Crippen molar-refractivity contribution >= 4 is 39.4 Å². The van der Waals surface area contributed by atoms with E-state index in [1.807, 2.05) is 61.5 Å². The molecule has 1 amide bonds. The standard InChI is InChI=1S/C23H21BrN2O2/c1-2-22(27)26-20-10-8-19(9-11-20)25-15-18-13-17(14-21(24)23(18)28)12-16-6-4-3-5-7-16/h3-11,13-15,28H,2,12H2,1H3,(H,26,27). The molecule has 2 N–H and O–H groups in total. The number of rotatable bonds is 6. The van der Waals surface area contributed by atoms with Crippen LogP contribution in [0.5, 0.6) is 5.75 Å². The number of carbonyl (C=O) groups is 1. The average molecular weight is 437 g/mol. The molecule has 3 rings (SSSR count). The number of hydrogen-bond acceptors (Lipinski definition) is 3. The van der Waals surface area contributed by atoms with Crippen LogP contribution in [0.2, 0.25) is 0 Å². The fourth-order valence-electron chi connectivity index (χ4n) is 2.74. The summed E-state index contributed by atoms with van der Waals surface area (Å²) in [6.45, 7) is 1.81. The molecule has 5 heteroatoms. The molecule has 0 fully saturated rings. The van der Waals surface area contributed by atoms with E-state index in [4.69, 9.17) is 0 Å². The van der Waals surface area contributed by atoms with Gasteiger partial charge >= 0.3 is 0 Å². The molecule has 0 heterocycles. The molecule has 0 unspecified atom stereocenters. The van der Waals surface area contributed by atoms with Gasteiger partial charge in [-0.15, -0.1) is 0 Å². The van der Waals surface area contributed by atoms with E-state index in [1.54, 1.807) is 6.21 Å². The van der Waals surface area contributed by atoms with E-state index < -0.39 is 0 Å². The van der Waals surface area contributed by atoms with Crippen LogP contribution in [-0.2, 0) is 11.2 Å². The monoisotopic (exact) mass is 436 g/mol. The summed E-state index contributed by atoms with van der Waals surface area (Å²) in [4.78, 5) is 15.9. The van der Waals surface area contributed by atoms with E-state index in [1.165, 1.54) is 5.56 Å². The lowest BCUT2D eigenvalue weighted by Crippen LogP contribution is -2.08. The number of hydrogen-bond donors (Lipinski definition) is 2. The summed E-state index contributed by atoms with van der Waals surface area (Å²) in [5.41, 5.74) is 4.39. The Morgan fingerprint density at radius 3 is 2.46 bits per heavy atom. The molecule has 28 heavy (non-hydrogen) atoms. The van der Waals surface area contributed by atoms with Gasteiger partial charge in [0, 0.05) is 23.9 Å². The number of aliphatic imine (C=N–C) groups is 1. The molecule has 0 atom stereocenters. The van der Waals surface area contributed by atoms with Gasteiger partial charge in [0.25, 0.3) is 0 Å². The SMILES string of the molecule is CCC(=O)Nc1ccc(N=Cc2cc(Cc3ccccc3)cc(Br)c2O)cc1. The van der Waals surface area contributed by atoms with Crippen LogP contribution in [0.15, 0.2) is 76.2 Å². The Bertz CT molecular complexity index is 983. The Kier molecular flexibility index (Phi) is 6.61. The van der Waals surface area contributed by atoms with Crippen LogP contribution in [0.4, 0.5) is 11.4 Å². The van der Waals surface area contributed by atoms with Gasteiger partial charge in [-0.05, 0) is 69.9 Å². The van der Waals surface area contributed by atoms with Crippen molar-refractivity contribution in [3.63, 3.8) is 0 Å². The van der Waals surface area contributed by atoms with Gasteiger partial charge in [-0.1, -0.05) is 37.3 Å². The third-order valence-electron chi connectivity index (χ3n) is 4.23. The number of phenolic OH excluding ortho intramolecular Hbond substituents is 1. The summed E-state index contributed by atoms with van der Waals surface area (Å²) in [5.74, 6) is 0.133. The van der Waals surface area contributed by atoms with E-state index in [2.05, 4.69) is 38.4 Å². The normalized spacial score (nSPS) is 10.9. The number of anilines is 1. The Balaban J connectivity index is 1.78. The maximum Gasteiger partial charge on any atom is 0.224 e. The first kappa shape index (κ1) is 19.8. The van der Waals surface area contributed by atoms with Gasteiger partial charge in [-0.2, -0.15) is 0 Å². The molecule has 0 saturated heterocycles. The second kappa shape index (κ2) is 9.33. The molecule has 0 aliphatic carbocycles. The molecular weight excluding hydrogens is 416 g/mol. The lowest BCUT2D eigenvalue weighted by Gasteiger charge is -2.08. The van der Waals surface area contributed by atoms with Crippen LogP contribution in [0.1, 0.15) is 30.0 Å². The number of nitrogens with one attached hydrogen (secondary N) is 1. The zero-order chi connectivity index (χ0) is 19.9. The van der Waals surface area contributed by atoms with Gasteiger partial charge in [0.15, 0.2) is 0 Å². The number of halogens is 1. The van der Waals surface area contributed by atoms with E-state index in [0.29, 0.717) is 16.5 Å². The first-order valence-electron chi connectivity index (χ1n) is 9.04. The third kappa shape index (κ3) is 5.30. The lowest BCUT2D eigenvalue weighted by atomic mass is 10.0. The molecule has 0 bridgehead atoms. The van der Waals surface area contributed by atoms with Crippen molar-refractivity contribution in [2.24, 2.45) is 4.99 Å². The molecule has 0 radical (unpaired) electrons. The Hall–Kier alpha value is -2.92. The van der Waals surface area contributed by atoms with E-state index >= 15 is 0 Å². The number of aromatic hydroxyl groups is 1. The zero-order valence-electron chi connectivity index (χ0n) is 15.5. The Morgan fingerprint density at radius 1 is 1.07 bits per heavy atom. The molecule has 0 aromatic heterocycles. The summed E-state index contributed by atoms with van der Waals surface area (Å²) >= 11 is 3.42. The fraction of sp³-hybridized carbons (Fsp3) is 0.130. The average Bonchev–Trinajstić information content (AvgIpc) is 2.71. The molecule has 0 aliphatic rings. The summed E-state index contributed by atoms with van der Waals surface area (Å²) in [7, 11) is 0. The van der Waals surface area contributed by atoms with Crippen molar-refractivity contribution in [1.29, 1.82) is 0 Å². The van der Waals surface area contributed by atoms with Gasteiger partial charge in [-0.3, -0.25) is 9.79 Å². The predicted molar refractivity (Wildman–Crippen MR) is 118 cm³/mol. The van der Waals surface area contributed by atoms with Crippen molar-refractivity contribution in [2.45, 2.75) is 19.8 Å². The van der Waals surface area contributed by atoms with Crippen LogP contribution in [0, 0.1) is 0 Å². The smallest absolute Gasteiger partial charge is 0.224 e. The van der Waals surface area contributed by atoms with Crippen molar-refractivity contribution < 1.29 is 9.90 Å². The number of amides is 1. The highest BCUT2D eigenvalue weighted by Crippen LogP contribution is 2.30. The van der Waals surface area contributed by atoms with Gasteiger partial charge in [0.2, 0.25) is 5.91 Å². The van der Waals surface area contributed by atoms with Crippen molar-refractivity contribution in [3.05, 3.63) is 87.9 Å². The molecular formula is C23H21BrN2O2. The highest BCUT2D eigenvalue weighted by Gasteiger charge is 2.08. The van der Waals surface area contributed by atoms with E-state index in [0.717, 1.165) is 23.4 Å². The highest BCUT2D eigenvalue weighted by atomic mass is 79.9. The van der Waals surface area contributed by atoms with E-state index in [-0.39, 0.29) is 11.7 Å². The number of nitrogens with zero attached hydrogens (tertiary/aromatic N) is 1. The molecule has 0 saturated carbocycles. The van der Waals surface area contributed by atoms with Crippen LogP contribution >= 0.6 is 15.9 Å². The van der Waals surface area contributed by atoms with Crippen molar-refractivity contribution in [2.75, 3.05) is 5.32 Å². The summed E-state index contributed by atoms with van der Waals surface area (Å²) < 4.78 is 0.639. The molecule has 3 aromatic carbocycles. The molecule has 4 nitrogen and oxygen atoms in total. The number of carbonyl (C=O) groups excluding carboxylic acids is 1. The zero-order valence-corrected chi connectivity index (χ0v) is 17.1. The fourth-order valence-corrected chi connectivity index (χ4v) is 3.26. The molecule has 0 aliphatic heterocycles. The van der Waals surface area contributed by atoms with Crippen LogP contribution in [0.3, 0.4) is 0 Å². The summed E-state index contributed by atoms with van der Waals surface area (Å²) in [5, 5.41) is 13.2. The van der Waals surface area contributed by atoms with Gasteiger partial charge in [0.05, 0.1) is 10.2 Å². The quantitative estimate of drug-likeness (QED) is 0.476. The van der Waals surface area contributed by atoms with Crippen LogP contribution in [0.25, 0.3) is 0 Å². The summed E-state index contributed by atoms with van der Waals surface area (Å²) in [6.07, 6.45) is 2.86. The van der Waals surface area contributed by atoms with Crippen LogP contribution in [-0.4, -0.2) is 17.2 Å². The maximum atomic E-state index is 11.4. The minimum Gasteiger partial charge on any atom is -0.506 e. The van der Waals surface area contributed by atoms with Gasteiger partial charge in [-0.25, -0.2) is 0 Å². The summed E-state index contributed by atoms with van der Waals surface area (Å²) in [6, 6.07) is 21.3. The maximum absolute atomic E-state index is 11.4. The third-order valence-corrected chi connectivity index (χ3v) is 4.83. The second-order valence-electron chi connectivity index (χ2n) is 6.38. The van der Waals surface area contributed by atoms with Gasteiger partial charge < -0.3 is 10.4 Å². The minimum atomic E-state index is -0.0266. The lowest BCUT2D eigenvalue weighted by molar-refractivity contribution is -0.115. The predicted octanol–water partition coefficient (Wildman–Crippen LogP) is 5.84. The first-order chi connectivity index (χ1) is 13.5. The van der Waals surface area contributed by atoms with Crippen molar-refractivity contribution in [3.8, 4) is 5.75 Å².